The van der Waals surface area contributed by atoms with Crippen molar-refractivity contribution < 1.29 is 19.1 Å². The molecule has 1 heterocycles. The van der Waals surface area contributed by atoms with E-state index in [0.717, 1.165) is 36.8 Å². The summed E-state index contributed by atoms with van der Waals surface area (Å²) in [7, 11) is 0. The molecule has 0 saturated heterocycles. The molecule has 0 aromatic rings. The molecule has 0 N–H and O–H groups in total. The number of hydrogen-bond donors (Lipinski definition) is 0. The zero-order valence-electron chi connectivity index (χ0n) is 15.0. The van der Waals surface area contributed by atoms with Crippen LogP contribution in [0.3, 0.4) is 0 Å². The Hall–Kier alpha value is -2.10. The number of rotatable bonds is 3. The first-order chi connectivity index (χ1) is 11.4. The second-order valence-corrected chi connectivity index (χ2v) is 6.44. The summed E-state index contributed by atoms with van der Waals surface area (Å²) in [5.41, 5.74) is 4.68. The van der Waals surface area contributed by atoms with Crippen molar-refractivity contribution >= 4 is 11.9 Å². The fourth-order valence-electron chi connectivity index (χ4n) is 2.85. The number of esters is 2. The topological polar surface area (TPSA) is 52.6 Å². The number of allylic oxidation sites excluding steroid dienone is 3. The Morgan fingerprint density at radius 1 is 1.33 bits per heavy atom. The summed E-state index contributed by atoms with van der Waals surface area (Å²) in [6.45, 7) is 7.76. The van der Waals surface area contributed by atoms with Crippen LogP contribution >= 0.6 is 0 Å². The van der Waals surface area contributed by atoms with Crippen molar-refractivity contribution in [2.24, 2.45) is 0 Å². The van der Waals surface area contributed by atoms with E-state index in [2.05, 4.69) is 19.1 Å². The Bertz CT molecular complexity index is 647. The lowest BCUT2D eigenvalue weighted by atomic mass is 9.94. The molecule has 130 valence electrons. The summed E-state index contributed by atoms with van der Waals surface area (Å²) in [4.78, 5) is 23.7. The highest BCUT2D eigenvalue weighted by molar-refractivity contribution is 5.92. The van der Waals surface area contributed by atoms with E-state index in [0.29, 0.717) is 17.8 Å². The van der Waals surface area contributed by atoms with Gasteiger partial charge in [0, 0.05) is 11.1 Å². The Kier molecular flexibility index (Phi) is 6.18. The van der Waals surface area contributed by atoms with Crippen LogP contribution in [0.25, 0.3) is 0 Å². The molecule has 0 fully saturated rings. The van der Waals surface area contributed by atoms with Crippen LogP contribution in [0.5, 0.6) is 0 Å². The molecule has 0 amide bonds. The van der Waals surface area contributed by atoms with Gasteiger partial charge in [0.25, 0.3) is 0 Å². The Balaban J connectivity index is 2.11. The van der Waals surface area contributed by atoms with E-state index in [9.17, 15) is 9.59 Å². The third-order valence-corrected chi connectivity index (χ3v) is 4.63. The van der Waals surface area contributed by atoms with Gasteiger partial charge in [-0.05, 0) is 70.6 Å². The number of ether oxygens (including phenoxy) is 2. The van der Waals surface area contributed by atoms with Crippen LogP contribution in [0.1, 0.15) is 53.4 Å². The molecule has 2 aliphatic rings. The monoisotopic (exact) mass is 330 g/mol. The van der Waals surface area contributed by atoms with Gasteiger partial charge >= 0.3 is 11.9 Å². The first-order valence-electron chi connectivity index (χ1n) is 8.48. The highest BCUT2D eigenvalue weighted by Crippen LogP contribution is 2.31. The van der Waals surface area contributed by atoms with Crippen LogP contribution in [0.15, 0.2) is 46.1 Å². The Morgan fingerprint density at radius 2 is 2.08 bits per heavy atom. The lowest BCUT2D eigenvalue weighted by molar-refractivity contribution is -0.139. The van der Waals surface area contributed by atoms with E-state index in [1.165, 1.54) is 5.57 Å². The molecular weight excluding hydrogens is 304 g/mol. The van der Waals surface area contributed by atoms with Gasteiger partial charge in [0.15, 0.2) is 0 Å². The Labute approximate surface area is 143 Å². The molecule has 1 aliphatic carbocycles. The smallest absolute Gasteiger partial charge is 0.334 e. The molecule has 4 heteroatoms. The van der Waals surface area contributed by atoms with Crippen molar-refractivity contribution in [3.8, 4) is 0 Å². The minimum atomic E-state index is -0.278. The predicted molar refractivity (Wildman–Crippen MR) is 93.3 cm³/mol. The van der Waals surface area contributed by atoms with Crippen molar-refractivity contribution in [3.63, 3.8) is 0 Å². The summed E-state index contributed by atoms with van der Waals surface area (Å²) in [6.07, 6.45) is 9.05. The first-order valence-corrected chi connectivity index (χ1v) is 8.48. The fourth-order valence-corrected chi connectivity index (χ4v) is 2.85. The van der Waals surface area contributed by atoms with Crippen LogP contribution in [0.4, 0.5) is 0 Å². The van der Waals surface area contributed by atoms with Crippen LogP contribution in [0.2, 0.25) is 0 Å². The average Bonchev–Trinajstić information content (AvgIpc) is 2.82. The average molecular weight is 330 g/mol. The SMILES string of the molecule is CC=C(C)C(=O)OCC1=CCCC(C)=CC2OC(=O)C(C)=C2CC1. The van der Waals surface area contributed by atoms with Crippen molar-refractivity contribution in [1.82, 2.24) is 0 Å². The normalized spacial score (nSPS) is 22.4. The van der Waals surface area contributed by atoms with Gasteiger partial charge in [0.1, 0.15) is 12.7 Å². The molecule has 24 heavy (non-hydrogen) atoms. The molecular formula is C20H26O4. The van der Waals surface area contributed by atoms with Gasteiger partial charge < -0.3 is 9.47 Å². The molecule has 0 spiro atoms. The molecule has 0 aromatic heterocycles. The van der Waals surface area contributed by atoms with Crippen molar-refractivity contribution in [1.29, 1.82) is 0 Å². The lowest BCUT2D eigenvalue weighted by Gasteiger charge is -2.16. The van der Waals surface area contributed by atoms with Crippen LogP contribution in [0, 0.1) is 0 Å². The maximum Gasteiger partial charge on any atom is 0.334 e. The Morgan fingerprint density at radius 3 is 2.79 bits per heavy atom. The van der Waals surface area contributed by atoms with E-state index in [1.807, 2.05) is 13.8 Å². The van der Waals surface area contributed by atoms with E-state index in [-0.39, 0.29) is 18.0 Å². The summed E-state index contributed by atoms with van der Waals surface area (Å²) >= 11 is 0. The summed E-state index contributed by atoms with van der Waals surface area (Å²) in [5, 5.41) is 0. The number of carbonyl (C=O) groups is 2. The zero-order chi connectivity index (χ0) is 17.7. The second kappa shape index (κ2) is 8.13. The highest BCUT2D eigenvalue weighted by Gasteiger charge is 2.29. The summed E-state index contributed by atoms with van der Waals surface area (Å²) in [5.74, 6) is -0.502. The number of carbonyl (C=O) groups excluding carboxylic acids is 2. The van der Waals surface area contributed by atoms with Crippen LogP contribution in [-0.4, -0.2) is 24.6 Å². The standard InChI is InChI=1S/C20H26O4/c1-5-14(3)19(21)23-12-16-8-6-7-13(2)11-18-17(10-9-16)15(4)20(22)24-18/h5,8,11,18H,6-7,9-10,12H2,1-4H3. The molecule has 0 aromatic carbocycles. The van der Waals surface area contributed by atoms with Crippen molar-refractivity contribution in [3.05, 3.63) is 46.1 Å². The van der Waals surface area contributed by atoms with Gasteiger partial charge in [-0.3, -0.25) is 0 Å². The number of fused-ring (bicyclic) bond motifs is 1. The maximum atomic E-state index is 11.8. The largest absolute Gasteiger partial charge is 0.458 e. The van der Waals surface area contributed by atoms with Crippen LogP contribution in [-0.2, 0) is 19.1 Å². The van der Waals surface area contributed by atoms with E-state index >= 15 is 0 Å². The maximum absolute atomic E-state index is 11.8. The molecule has 1 aliphatic heterocycles. The zero-order valence-corrected chi connectivity index (χ0v) is 15.0. The van der Waals surface area contributed by atoms with E-state index in [1.54, 1.807) is 13.0 Å². The molecule has 4 nitrogen and oxygen atoms in total. The minimum absolute atomic E-state index is 0.223. The fraction of sp³-hybridized carbons (Fsp3) is 0.500. The van der Waals surface area contributed by atoms with Gasteiger partial charge in [-0.1, -0.05) is 17.7 Å². The third kappa shape index (κ3) is 4.47. The van der Waals surface area contributed by atoms with Gasteiger partial charge in [-0.25, -0.2) is 9.59 Å². The lowest BCUT2D eigenvalue weighted by Crippen LogP contribution is -2.12. The van der Waals surface area contributed by atoms with Crippen LogP contribution < -0.4 is 0 Å². The van der Waals surface area contributed by atoms with E-state index < -0.39 is 0 Å². The summed E-state index contributed by atoms with van der Waals surface area (Å²) in [6, 6.07) is 0. The van der Waals surface area contributed by atoms with Gasteiger partial charge in [0.05, 0.1) is 0 Å². The first kappa shape index (κ1) is 18.2. The van der Waals surface area contributed by atoms with E-state index in [4.69, 9.17) is 9.47 Å². The van der Waals surface area contributed by atoms with Gasteiger partial charge in [-0.15, -0.1) is 0 Å². The molecule has 1 unspecified atom stereocenters. The van der Waals surface area contributed by atoms with Crippen molar-refractivity contribution in [2.45, 2.75) is 59.5 Å². The van der Waals surface area contributed by atoms with Crippen molar-refractivity contribution in [2.75, 3.05) is 6.61 Å². The predicted octanol–water partition coefficient (Wildman–Crippen LogP) is 4.18. The van der Waals surface area contributed by atoms with Gasteiger partial charge in [0.2, 0.25) is 0 Å². The minimum Gasteiger partial charge on any atom is -0.458 e. The molecule has 2 rings (SSSR count). The third-order valence-electron chi connectivity index (χ3n) is 4.63. The molecule has 1 atom stereocenters. The molecule has 0 bridgehead atoms. The number of hydrogen-bond acceptors (Lipinski definition) is 4. The quantitative estimate of drug-likeness (QED) is 0.442. The summed E-state index contributed by atoms with van der Waals surface area (Å²) < 4.78 is 10.8. The molecule has 0 radical (unpaired) electrons. The second-order valence-electron chi connectivity index (χ2n) is 6.44. The van der Waals surface area contributed by atoms with Gasteiger partial charge in [-0.2, -0.15) is 0 Å². The highest BCUT2D eigenvalue weighted by atomic mass is 16.5. The molecule has 0 saturated carbocycles.